The van der Waals surface area contributed by atoms with Gasteiger partial charge in [0.05, 0.1) is 30.4 Å². The number of Topliss-reactive ketones (excluding diaryl/α,β-unsaturated/α-hetero) is 1. The number of carbonyl (C=O) groups is 1. The molecule has 1 aliphatic rings. The fourth-order valence-corrected chi connectivity index (χ4v) is 4.10. The average Bonchev–Trinajstić information content (AvgIpc) is 3.42. The molecule has 0 spiro atoms. The van der Waals surface area contributed by atoms with Crippen molar-refractivity contribution in [3.8, 4) is 11.5 Å². The van der Waals surface area contributed by atoms with Gasteiger partial charge >= 0.3 is 0 Å². The first-order chi connectivity index (χ1) is 14.5. The maximum atomic E-state index is 13.2. The van der Waals surface area contributed by atoms with E-state index in [0.717, 1.165) is 39.6 Å². The van der Waals surface area contributed by atoms with Crippen molar-refractivity contribution in [2.75, 3.05) is 13.2 Å². The molecule has 7 heteroatoms. The van der Waals surface area contributed by atoms with Gasteiger partial charge in [0.2, 0.25) is 0 Å². The first kappa shape index (κ1) is 18.5. The molecule has 0 amide bonds. The molecule has 0 unspecified atom stereocenters. The van der Waals surface area contributed by atoms with E-state index in [0.29, 0.717) is 31.3 Å². The number of aromatic nitrogens is 3. The van der Waals surface area contributed by atoms with Gasteiger partial charge in [0.25, 0.3) is 0 Å². The van der Waals surface area contributed by atoms with Crippen LogP contribution < -0.4 is 9.47 Å². The minimum atomic E-state index is 0.0473. The van der Waals surface area contributed by atoms with Gasteiger partial charge in [-0.1, -0.05) is 0 Å². The van der Waals surface area contributed by atoms with Gasteiger partial charge in [0.15, 0.2) is 17.3 Å². The Morgan fingerprint density at radius 3 is 2.57 bits per heavy atom. The van der Waals surface area contributed by atoms with Gasteiger partial charge in [-0.15, -0.1) is 0 Å². The summed E-state index contributed by atoms with van der Waals surface area (Å²) in [5, 5.41) is 0. The normalized spacial score (nSPS) is 13.2. The van der Waals surface area contributed by atoms with E-state index in [-0.39, 0.29) is 12.3 Å². The van der Waals surface area contributed by atoms with Gasteiger partial charge in [-0.25, -0.2) is 4.98 Å². The van der Waals surface area contributed by atoms with E-state index >= 15 is 0 Å². The predicted octanol–water partition coefficient (Wildman–Crippen LogP) is 4.06. The summed E-state index contributed by atoms with van der Waals surface area (Å²) in [4.78, 5) is 17.9. The highest BCUT2D eigenvalue weighted by Crippen LogP contribution is 2.35. The molecule has 0 aliphatic carbocycles. The Labute approximate surface area is 173 Å². The Hall–Kier alpha value is -3.48. The lowest BCUT2D eigenvalue weighted by Gasteiger charge is -2.18. The van der Waals surface area contributed by atoms with Crippen LogP contribution in [0.15, 0.2) is 41.0 Å². The van der Waals surface area contributed by atoms with Crippen LogP contribution in [-0.2, 0) is 13.1 Å². The molecule has 0 N–H and O–H groups in total. The molecular weight excluding hydrogens is 382 g/mol. The van der Waals surface area contributed by atoms with Crippen molar-refractivity contribution in [1.29, 1.82) is 0 Å². The van der Waals surface area contributed by atoms with Gasteiger partial charge in [0, 0.05) is 29.1 Å². The largest absolute Gasteiger partial charge is 0.486 e. The number of hydrogen-bond donors (Lipinski definition) is 0. The molecule has 0 radical (unpaired) electrons. The van der Waals surface area contributed by atoms with Crippen LogP contribution in [0.25, 0.3) is 11.0 Å². The van der Waals surface area contributed by atoms with Crippen molar-refractivity contribution in [3.05, 3.63) is 65.1 Å². The van der Waals surface area contributed by atoms with Crippen LogP contribution in [0.4, 0.5) is 0 Å². The fourth-order valence-electron chi connectivity index (χ4n) is 4.10. The zero-order valence-electron chi connectivity index (χ0n) is 17.3. The van der Waals surface area contributed by atoms with Crippen molar-refractivity contribution < 1.29 is 18.7 Å². The van der Waals surface area contributed by atoms with Crippen LogP contribution in [0.3, 0.4) is 0 Å². The Kier molecular flexibility index (Phi) is 4.38. The summed E-state index contributed by atoms with van der Waals surface area (Å²) in [7, 11) is 0. The van der Waals surface area contributed by atoms with E-state index in [4.69, 9.17) is 13.9 Å². The first-order valence-electron chi connectivity index (χ1n) is 10.00. The Balaban J connectivity index is 1.47. The SMILES string of the molecule is Cc1cc(C(=O)Cn2c(C)nc3cc4c(cc32)OCCO4)c(C)n1Cc1ccco1. The molecule has 7 nitrogen and oxygen atoms in total. The number of imidazole rings is 1. The van der Waals surface area contributed by atoms with Crippen molar-refractivity contribution in [2.24, 2.45) is 0 Å². The number of nitrogens with zero attached hydrogens (tertiary/aromatic N) is 3. The number of carbonyl (C=O) groups excluding carboxylic acids is 1. The molecule has 1 aliphatic heterocycles. The minimum Gasteiger partial charge on any atom is -0.486 e. The molecule has 5 rings (SSSR count). The molecule has 30 heavy (non-hydrogen) atoms. The van der Waals surface area contributed by atoms with Crippen LogP contribution in [0.5, 0.6) is 11.5 Å². The third kappa shape index (κ3) is 3.07. The number of aryl methyl sites for hydroxylation is 2. The van der Waals surface area contributed by atoms with E-state index in [1.54, 1.807) is 6.26 Å². The highest BCUT2D eigenvalue weighted by molar-refractivity contribution is 5.98. The second-order valence-corrected chi connectivity index (χ2v) is 7.60. The molecule has 4 heterocycles. The molecule has 0 atom stereocenters. The van der Waals surface area contributed by atoms with E-state index in [1.807, 2.05) is 55.7 Å². The fraction of sp³-hybridized carbons (Fsp3) is 0.304. The molecular formula is C23H23N3O4. The van der Waals surface area contributed by atoms with Gasteiger partial charge < -0.3 is 23.0 Å². The van der Waals surface area contributed by atoms with Crippen LogP contribution in [0.2, 0.25) is 0 Å². The van der Waals surface area contributed by atoms with Crippen molar-refractivity contribution in [1.82, 2.24) is 14.1 Å². The first-order valence-corrected chi connectivity index (χ1v) is 10.00. The molecule has 0 saturated carbocycles. The summed E-state index contributed by atoms with van der Waals surface area (Å²) in [6.45, 7) is 7.77. The number of hydrogen-bond acceptors (Lipinski definition) is 5. The molecule has 3 aromatic heterocycles. The molecule has 0 fully saturated rings. The Bertz CT molecular complexity index is 1250. The third-order valence-corrected chi connectivity index (χ3v) is 5.67. The summed E-state index contributed by atoms with van der Waals surface area (Å²) in [6, 6.07) is 9.56. The summed E-state index contributed by atoms with van der Waals surface area (Å²) >= 11 is 0. The predicted molar refractivity (Wildman–Crippen MR) is 112 cm³/mol. The van der Waals surface area contributed by atoms with Gasteiger partial charge in [-0.05, 0) is 39.0 Å². The molecule has 4 aromatic rings. The van der Waals surface area contributed by atoms with Crippen LogP contribution in [-0.4, -0.2) is 33.1 Å². The van der Waals surface area contributed by atoms with E-state index < -0.39 is 0 Å². The lowest BCUT2D eigenvalue weighted by molar-refractivity contribution is 0.0972. The number of ketones is 1. The van der Waals surface area contributed by atoms with Crippen LogP contribution in [0, 0.1) is 20.8 Å². The van der Waals surface area contributed by atoms with Gasteiger partial charge in [0.1, 0.15) is 24.8 Å². The maximum Gasteiger partial charge on any atom is 0.184 e. The highest BCUT2D eigenvalue weighted by atomic mass is 16.6. The maximum absolute atomic E-state index is 13.2. The second kappa shape index (κ2) is 7.09. The monoisotopic (exact) mass is 405 g/mol. The number of furan rings is 1. The Morgan fingerprint density at radius 1 is 1.07 bits per heavy atom. The zero-order chi connectivity index (χ0) is 20.8. The standard InChI is InChI=1S/C23H23N3O4/c1-14-9-18(15(2)25(14)12-17-5-4-6-28-17)21(27)13-26-16(3)24-19-10-22-23(11-20(19)26)30-8-7-29-22/h4-6,9-11H,7-8,12-13H2,1-3H3. The summed E-state index contributed by atoms with van der Waals surface area (Å²) in [6.07, 6.45) is 1.66. The molecule has 0 saturated heterocycles. The summed E-state index contributed by atoms with van der Waals surface area (Å²) in [5.74, 6) is 3.08. The lowest BCUT2D eigenvalue weighted by Crippen LogP contribution is -2.16. The zero-order valence-corrected chi connectivity index (χ0v) is 17.3. The van der Waals surface area contributed by atoms with Crippen molar-refractivity contribution in [3.63, 3.8) is 0 Å². The number of rotatable bonds is 5. The van der Waals surface area contributed by atoms with Crippen LogP contribution in [0.1, 0.15) is 33.3 Å². The Morgan fingerprint density at radius 2 is 1.83 bits per heavy atom. The van der Waals surface area contributed by atoms with Gasteiger partial charge in [-0.2, -0.15) is 0 Å². The topological polar surface area (TPSA) is 71.4 Å². The van der Waals surface area contributed by atoms with Crippen LogP contribution >= 0.6 is 0 Å². The number of benzene rings is 1. The second-order valence-electron chi connectivity index (χ2n) is 7.60. The van der Waals surface area contributed by atoms with Gasteiger partial charge in [-0.3, -0.25) is 4.79 Å². The quantitative estimate of drug-likeness (QED) is 0.468. The average molecular weight is 405 g/mol. The highest BCUT2D eigenvalue weighted by Gasteiger charge is 2.21. The van der Waals surface area contributed by atoms with E-state index in [1.165, 1.54) is 0 Å². The van der Waals surface area contributed by atoms with Crippen molar-refractivity contribution in [2.45, 2.75) is 33.9 Å². The third-order valence-electron chi connectivity index (χ3n) is 5.67. The summed E-state index contributed by atoms with van der Waals surface area (Å²) in [5.41, 5.74) is 4.35. The number of fused-ring (bicyclic) bond motifs is 2. The minimum absolute atomic E-state index is 0.0473. The smallest absolute Gasteiger partial charge is 0.184 e. The lowest BCUT2D eigenvalue weighted by atomic mass is 10.1. The van der Waals surface area contributed by atoms with E-state index in [9.17, 15) is 4.79 Å². The molecule has 1 aromatic carbocycles. The van der Waals surface area contributed by atoms with Crippen molar-refractivity contribution >= 4 is 16.8 Å². The summed E-state index contributed by atoms with van der Waals surface area (Å²) < 4.78 is 20.9. The molecule has 154 valence electrons. The number of ether oxygens (including phenoxy) is 2. The van der Waals surface area contributed by atoms with E-state index in [2.05, 4.69) is 9.55 Å². The molecule has 0 bridgehead atoms.